The third kappa shape index (κ3) is 2.75. The fourth-order valence-corrected chi connectivity index (χ4v) is 3.01. The maximum atomic E-state index is 6.23. The highest BCUT2D eigenvalue weighted by Gasteiger charge is 2.15. The average molecular weight is 360 g/mol. The Hall–Kier alpha value is -0.720. The highest BCUT2D eigenvalue weighted by atomic mass is 79.9. The van der Waals surface area contributed by atoms with Gasteiger partial charge in [-0.3, -0.25) is 0 Å². The average Bonchev–Trinajstić information content (AvgIpc) is 2.74. The molecule has 0 spiro atoms. The molecule has 1 aromatic heterocycles. The fourth-order valence-electron chi connectivity index (χ4n) is 1.68. The van der Waals surface area contributed by atoms with Crippen LogP contribution < -0.4 is 5.73 Å². The molecule has 1 heterocycles. The molecule has 1 atom stereocenters. The van der Waals surface area contributed by atoms with Gasteiger partial charge < -0.3 is 5.73 Å². The lowest BCUT2D eigenvalue weighted by molar-refractivity contribution is 0.581. The van der Waals surface area contributed by atoms with Crippen LogP contribution in [0.25, 0.3) is 0 Å². The van der Waals surface area contributed by atoms with E-state index in [1.54, 1.807) is 10.9 Å². The van der Waals surface area contributed by atoms with E-state index in [0.717, 1.165) is 26.7 Å². The second-order valence-corrected chi connectivity index (χ2v) is 5.49. The van der Waals surface area contributed by atoms with Gasteiger partial charge in [-0.2, -0.15) is 0 Å². The van der Waals surface area contributed by atoms with Crippen LogP contribution in [0.3, 0.4) is 0 Å². The lowest BCUT2D eigenvalue weighted by Gasteiger charge is -2.13. The SMILES string of the molecule is CCn1nncc1C(N)c1cc(Br)cc(Br)c1. The van der Waals surface area contributed by atoms with Crippen molar-refractivity contribution in [3.63, 3.8) is 0 Å². The van der Waals surface area contributed by atoms with Gasteiger partial charge in [-0.15, -0.1) is 5.10 Å². The Morgan fingerprint density at radius 3 is 2.53 bits per heavy atom. The topological polar surface area (TPSA) is 56.7 Å². The van der Waals surface area contributed by atoms with Gasteiger partial charge in [0.05, 0.1) is 17.9 Å². The van der Waals surface area contributed by atoms with E-state index in [4.69, 9.17) is 5.73 Å². The largest absolute Gasteiger partial charge is 0.319 e. The van der Waals surface area contributed by atoms with E-state index in [2.05, 4.69) is 42.2 Å². The molecular weight excluding hydrogens is 348 g/mol. The number of nitrogens with zero attached hydrogens (tertiary/aromatic N) is 3. The van der Waals surface area contributed by atoms with Crippen molar-refractivity contribution in [2.75, 3.05) is 0 Å². The van der Waals surface area contributed by atoms with E-state index in [9.17, 15) is 0 Å². The monoisotopic (exact) mass is 358 g/mol. The van der Waals surface area contributed by atoms with Crippen molar-refractivity contribution in [2.24, 2.45) is 5.73 Å². The molecule has 2 N–H and O–H groups in total. The molecule has 0 saturated heterocycles. The second-order valence-electron chi connectivity index (χ2n) is 3.66. The fraction of sp³-hybridized carbons (Fsp3) is 0.273. The van der Waals surface area contributed by atoms with Crippen LogP contribution in [0, 0.1) is 0 Å². The number of hydrogen-bond acceptors (Lipinski definition) is 3. The molecule has 17 heavy (non-hydrogen) atoms. The van der Waals surface area contributed by atoms with Crippen molar-refractivity contribution in [2.45, 2.75) is 19.5 Å². The summed E-state index contributed by atoms with van der Waals surface area (Å²) in [6, 6.07) is 5.76. The molecule has 0 amide bonds. The number of benzene rings is 1. The third-order valence-corrected chi connectivity index (χ3v) is 3.43. The van der Waals surface area contributed by atoms with Gasteiger partial charge in [0.25, 0.3) is 0 Å². The highest BCUT2D eigenvalue weighted by Crippen LogP contribution is 2.26. The molecule has 2 aromatic rings. The molecule has 0 aliphatic rings. The predicted molar refractivity (Wildman–Crippen MR) is 73.6 cm³/mol. The summed E-state index contributed by atoms with van der Waals surface area (Å²) in [7, 11) is 0. The Balaban J connectivity index is 2.39. The van der Waals surface area contributed by atoms with E-state index < -0.39 is 0 Å². The van der Waals surface area contributed by atoms with Gasteiger partial charge in [-0.1, -0.05) is 37.1 Å². The van der Waals surface area contributed by atoms with Crippen LogP contribution in [0.5, 0.6) is 0 Å². The van der Waals surface area contributed by atoms with Gasteiger partial charge in [-0.05, 0) is 30.7 Å². The molecule has 0 aliphatic heterocycles. The van der Waals surface area contributed by atoms with Crippen molar-refractivity contribution in [3.05, 3.63) is 44.6 Å². The normalized spacial score (nSPS) is 12.7. The summed E-state index contributed by atoms with van der Waals surface area (Å²) in [5, 5.41) is 7.88. The van der Waals surface area contributed by atoms with Crippen molar-refractivity contribution in [3.8, 4) is 0 Å². The van der Waals surface area contributed by atoms with Gasteiger partial charge in [-0.25, -0.2) is 4.68 Å². The van der Waals surface area contributed by atoms with Crippen LogP contribution >= 0.6 is 31.9 Å². The van der Waals surface area contributed by atoms with Crippen molar-refractivity contribution in [1.82, 2.24) is 15.0 Å². The van der Waals surface area contributed by atoms with Gasteiger partial charge >= 0.3 is 0 Å². The molecule has 4 nitrogen and oxygen atoms in total. The molecule has 2 rings (SSSR count). The lowest BCUT2D eigenvalue weighted by atomic mass is 10.1. The first-order valence-corrected chi connectivity index (χ1v) is 6.80. The molecule has 0 fully saturated rings. The van der Waals surface area contributed by atoms with Crippen molar-refractivity contribution < 1.29 is 0 Å². The summed E-state index contributed by atoms with van der Waals surface area (Å²) in [5.41, 5.74) is 8.16. The van der Waals surface area contributed by atoms with Crippen LogP contribution in [0.15, 0.2) is 33.3 Å². The molecular formula is C11H12Br2N4. The molecule has 90 valence electrons. The quantitative estimate of drug-likeness (QED) is 0.916. The first kappa shape index (κ1) is 12.7. The summed E-state index contributed by atoms with van der Waals surface area (Å²) in [6.45, 7) is 2.78. The molecule has 0 aliphatic carbocycles. The third-order valence-electron chi connectivity index (χ3n) is 2.51. The second kappa shape index (κ2) is 5.29. The maximum absolute atomic E-state index is 6.23. The zero-order chi connectivity index (χ0) is 12.4. The first-order valence-electron chi connectivity index (χ1n) is 5.21. The zero-order valence-electron chi connectivity index (χ0n) is 9.27. The van der Waals surface area contributed by atoms with Crippen LogP contribution in [-0.4, -0.2) is 15.0 Å². The van der Waals surface area contributed by atoms with Crippen LogP contribution in [0.4, 0.5) is 0 Å². The van der Waals surface area contributed by atoms with Crippen LogP contribution in [-0.2, 0) is 6.54 Å². The van der Waals surface area contributed by atoms with Gasteiger partial charge in [0, 0.05) is 15.5 Å². The summed E-state index contributed by atoms with van der Waals surface area (Å²) in [6.07, 6.45) is 1.71. The number of rotatable bonds is 3. The smallest absolute Gasteiger partial charge is 0.0799 e. The van der Waals surface area contributed by atoms with Crippen molar-refractivity contribution >= 4 is 31.9 Å². The van der Waals surface area contributed by atoms with Gasteiger partial charge in [0.15, 0.2) is 0 Å². The van der Waals surface area contributed by atoms with E-state index in [1.807, 2.05) is 25.1 Å². The minimum absolute atomic E-state index is 0.223. The summed E-state index contributed by atoms with van der Waals surface area (Å²) in [5.74, 6) is 0. The van der Waals surface area contributed by atoms with E-state index >= 15 is 0 Å². The molecule has 0 saturated carbocycles. The zero-order valence-corrected chi connectivity index (χ0v) is 12.4. The molecule has 1 aromatic carbocycles. The van der Waals surface area contributed by atoms with E-state index in [1.165, 1.54) is 0 Å². The number of halogens is 2. The Morgan fingerprint density at radius 1 is 1.29 bits per heavy atom. The Kier molecular flexibility index (Phi) is 3.96. The number of aromatic nitrogens is 3. The molecule has 1 unspecified atom stereocenters. The molecule has 0 bridgehead atoms. The highest BCUT2D eigenvalue weighted by molar-refractivity contribution is 9.11. The predicted octanol–water partition coefficient (Wildman–Crippen LogP) is 2.87. The summed E-state index contributed by atoms with van der Waals surface area (Å²) in [4.78, 5) is 0. The minimum atomic E-state index is -0.223. The standard InChI is InChI=1S/C11H12Br2N4/c1-2-17-10(6-15-16-17)11(14)7-3-8(12)5-9(13)4-7/h3-6,11H,2,14H2,1H3. The van der Waals surface area contributed by atoms with Crippen molar-refractivity contribution in [1.29, 1.82) is 0 Å². The lowest BCUT2D eigenvalue weighted by Crippen LogP contribution is -2.17. The Labute approximate surface area is 116 Å². The number of nitrogens with two attached hydrogens (primary N) is 1. The number of hydrogen-bond donors (Lipinski definition) is 1. The van der Waals surface area contributed by atoms with Gasteiger partial charge in [0.2, 0.25) is 0 Å². The van der Waals surface area contributed by atoms with Gasteiger partial charge in [0.1, 0.15) is 0 Å². The Morgan fingerprint density at radius 2 is 1.94 bits per heavy atom. The maximum Gasteiger partial charge on any atom is 0.0799 e. The Bertz CT molecular complexity index is 504. The molecule has 6 heteroatoms. The van der Waals surface area contributed by atoms with Crippen LogP contribution in [0.2, 0.25) is 0 Å². The first-order chi connectivity index (χ1) is 8.11. The van der Waals surface area contributed by atoms with Crippen LogP contribution in [0.1, 0.15) is 24.2 Å². The van der Waals surface area contributed by atoms with E-state index in [-0.39, 0.29) is 6.04 Å². The summed E-state index contributed by atoms with van der Waals surface area (Å²) >= 11 is 6.91. The summed E-state index contributed by atoms with van der Waals surface area (Å²) < 4.78 is 3.79. The number of aryl methyl sites for hydroxylation is 1. The minimum Gasteiger partial charge on any atom is -0.319 e. The van der Waals surface area contributed by atoms with E-state index in [0.29, 0.717) is 0 Å². The molecule has 0 radical (unpaired) electrons.